The van der Waals surface area contributed by atoms with E-state index in [9.17, 15) is 14.7 Å². The number of rotatable bonds is 8. The molecule has 43 heavy (non-hydrogen) atoms. The standard InChI is InChI=1S/C36H42N2O4S/c1-23-29(15-16-32(39)38-19-17-37-18-20-38)33(26-13-11-24(12-14-26)27-9-6-10-28(21-27)42-2)34(25-7-4-3-5-8-25)35-30(23)22-31(43-35)36(40)41/h6,9-14,21-23,25,29,37H,3-5,7-8,15-20H2,1-2H3,(H,40,41)/t23-,29?/m0/s1. The number of amides is 1. The van der Waals surface area contributed by atoms with Crippen LogP contribution in [0.3, 0.4) is 0 Å². The maximum atomic E-state index is 13.4. The molecule has 0 radical (unpaired) electrons. The van der Waals surface area contributed by atoms with Crippen molar-refractivity contribution in [1.82, 2.24) is 10.2 Å². The van der Waals surface area contributed by atoms with Gasteiger partial charge in [-0.05, 0) is 88.6 Å². The summed E-state index contributed by atoms with van der Waals surface area (Å²) >= 11 is 1.45. The summed E-state index contributed by atoms with van der Waals surface area (Å²) in [5.41, 5.74) is 7.25. The predicted molar refractivity (Wildman–Crippen MR) is 174 cm³/mol. The normalized spacial score (nSPS) is 21.0. The lowest BCUT2D eigenvalue weighted by atomic mass is 9.67. The minimum absolute atomic E-state index is 0.121. The van der Waals surface area contributed by atoms with E-state index in [2.05, 4.69) is 48.6 Å². The maximum absolute atomic E-state index is 13.4. The highest BCUT2D eigenvalue weighted by atomic mass is 32.1. The van der Waals surface area contributed by atoms with Crippen molar-refractivity contribution in [3.8, 4) is 16.9 Å². The molecular weight excluding hydrogens is 556 g/mol. The average Bonchev–Trinajstić information content (AvgIpc) is 3.51. The minimum Gasteiger partial charge on any atom is -0.497 e. The summed E-state index contributed by atoms with van der Waals surface area (Å²) in [4.78, 5) is 29.1. The minimum atomic E-state index is -0.857. The first-order chi connectivity index (χ1) is 20.9. The summed E-state index contributed by atoms with van der Waals surface area (Å²) < 4.78 is 5.46. The van der Waals surface area contributed by atoms with Crippen LogP contribution in [0.25, 0.3) is 22.3 Å². The zero-order valence-electron chi connectivity index (χ0n) is 25.2. The Morgan fingerprint density at radius 3 is 2.37 bits per heavy atom. The van der Waals surface area contributed by atoms with Crippen molar-refractivity contribution < 1.29 is 19.4 Å². The largest absolute Gasteiger partial charge is 0.497 e. The first-order valence-electron chi connectivity index (χ1n) is 15.8. The number of carboxylic acids is 1. The second kappa shape index (κ2) is 13.1. The van der Waals surface area contributed by atoms with Crippen LogP contribution < -0.4 is 10.1 Å². The van der Waals surface area contributed by atoms with E-state index < -0.39 is 5.97 Å². The van der Waals surface area contributed by atoms with E-state index in [1.165, 1.54) is 47.3 Å². The number of allylic oxidation sites excluding steroid dienone is 2. The molecule has 1 unspecified atom stereocenters. The number of aromatic carboxylic acids is 1. The van der Waals surface area contributed by atoms with Gasteiger partial charge in [-0.15, -0.1) is 11.3 Å². The second-order valence-corrected chi connectivity index (χ2v) is 13.3. The molecule has 6 rings (SSSR count). The highest BCUT2D eigenvalue weighted by molar-refractivity contribution is 7.15. The number of ether oxygens (including phenoxy) is 1. The first-order valence-corrected chi connectivity index (χ1v) is 16.6. The van der Waals surface area contributed by atoms with Gasteiger partial charge in [0, 0.05) is 37.5 Å². The number of fused-ring (bicyclic) bond motifs is 1. The van der Waals surface area contributed by atoms with Crippen molar-refractivity contribution in [3.05, 3.63) is 75.5 Å². The highest BCUT2D eigenvalue weighted by Crippen LogP contribution is 2.55. The molecule has 226 valence electrons. The van der Waals surface area contributed by atoms with E-state index in [4.69, 9.17) is 4.74 Å². The third kappa shape index (κ3) is 6.16. The molecule has 2 atom stereocenters. The van der Waals surface area contributed by atoms with Crippen LogP contribution in [0, 0.1) is 11.8 Å². The van der Waals surface area contributed by atoms with Crippen LogP contribution in [0.2, 0.25) is 0 Å². The Hall–Kier alpha value is -3.42. The van der Waals surface area contributed by atoms with E-state index in [1.807, 2.05) is 23.1 Å². The van der Waals surface area contributed by atoms with E-state index in [-0.39, 0.29) is 17.7 Å². The molecule has 6 nitrogen and oxygen atoms in total. The fourth-order valence-corrected chi connectivity index (χ4v) is 8.65. The van der Waals surface area contributed by atoms with Gasteiger partial charge in [-0.2, -0.15) is 0 Å². The quantitative estimate of drug-likeness (QED) is 0.280. The molecule has 2 fully saturated rings. The van der Waals surface area contributed by atoms with E-state index in [1.54, 1.807) is 7.11 Å². The number of hydrogen-bond donors (Lipinski definition) is 2. The SMILES string of the molecule is COc1cccc(-c2ccc(C3=C(C4CCCCC4)c4sc(C(=O)O)cc4[C@@H](C)C3CCC(=O)N3CCNCC3)cc2)c1. The lowest BCUT2D eigenvalue weighted by Gasteiger charge is -2.38. The van der Waals surface area contributed by atoms with E-state index >= 15 is 0 Å². The molecule has 3 aromatic rings. The van der Waals surface area contributed by atoms with Gasteiger partial charge >= 0.3 is 5.97 Å². The Bertz CT molecular complexity index is 1500. The van der Waals surface area contributed by atoms with Gasteiger partial charge in [-0.25, -0.2) is 4.79 Å². The van der Waals surface area contributed by atoms with Crippen molar-refractivity contribution in [1.29, 1.82) is 0 Å². The monoisotopic (exact) mass is 598 g/mol. The molecule has 2 aliphatic carbocycles. The zero-order valence-corrected chi connectivity index (χ0v) is 26.1. The number of piperazine rings is 1. The number of hydrogen-bond acceptors (Lipinski definition) is 5. The topological polar surface area (TPSA) is 78.9 Å². The molecule has 1 aliphatic heterocycles. The number of methoxy groups -OCH3 is 1. The van der Waals surface area contributed by atoms with Gasteiger partial charge in [0.1, 0.15) is 10.6 Å². The molecule has 0 spiro atoms. The summed E-state index contributed by atoms with van der Waals surface area (Å²) in [5, 5.41) is 13.3. The van der Waals surface area contributed by atoms with Gasteiger partial charge in [-0.3, -0.25) is 4.79 Å². The summed E-state index contributed by atoms with van der Waals surface area (Å²) in [5.74, 6) is 0.858. The molecule has 1 saturated carbocycles. The smallest absolute Gasteiger partial charge is 0.345 e. The number of benzene rings is 2. The van der Waals surface area contributed by atoms with Crippen molar-refractivity contribution in [3.63, 3.8) is 0 Å². The third-order valence-electron chi connectivity index (χ3n) is 9.72. The van der Waals surface area contributed by atoms with Crippen molar-refractivity contribution in [2.24, 2.45) is 11.8 Å². The maximum Gasteiger partial charge on any atom is 0.345 e. The summed E-state index contributed by atoms with van der Waals surface area (Å²) in [6.07, 6.45) is 7.16. The fraction of sp³-hybridized carbons (Fsp3) is 0.444. The number of carbonyl (C=O) groups is 2. The zero-order chi connectivity index (χ0) is 29.9. The highest BCUT2D eigenvalue weighted by Gasteiger charge is 2.39. The average molecular weight is 599 g/mol. The molecule has 7 heteroatoms. The molecule has 0 bridgehead atoms. The van der Waals surface area contributed by atoms with Gasteiger partial charge in [-0.1, -0.05) is 62.6 Å². The van der Waals surface area contributed by atoms with Crippen molar-refractivity contribution >= 4 is 34.4 Å². The number of nitrogens with one attached hydrogen (secondary N) is 1. The van der Waals surface area contributed by atoms with Gasteiger partial charge in [0.2, 0.25) is 5.91 Å². The number of carboxylic acid groups (broad SMARTS) is 1. The lowest BCUT2D eigenvalue weighted by Crippen LogP contribution is -2.46. The van der Waals surface area contributed by atoms with Crippen LogP contribution in [-0.4, -0.2) is 55.2 Å². The molecule has 2 heterocycles. The Kier molecular flexibility index (Phi) is 9.01. The van der Waals surface area contributed by atoms with E-state index in [0.29, 0.717) is 17.2 Å². The second-order valence-electron chi connectivity index (χ2n) is 12.2. The Labute approximate surface area is 258 Å². The molecule has 2 aromatic carbocycles. The van der Waals surface area contributed by atoms with Gasteiger partial charge in [0.25, 0.3) is 0 Å². The van der Waals surface area contributed by atoms with Crippen molar-refractivity contribution in [2.45, 2.75) is 57.8 Å². The Balaban J connectivity index is 1.44. The first kappa shape index (κ1) is 29.6. The van der Waals surface area contributed by atoms with Crippen LogP contribution in [0.1, 0.15) is 83.5 Å². The third-order valence-corrected chi connectivity index (χ3v) is 10.9. The summed E-state index contributed by atoms with van der Waals surface area (Å²) in [6, 6.07) is 18.9. The van der Waals surface area contributed by atoms with E-state index in [0.717, 1.165) is 72.8 Å². The van der Waals surface area contributed by atoms with Crippen LogP contribution in [0.15, 0.2) is 54.6 Å². The fourth-order valence-electron chi connectivity index (χ4n) is 7.40. The molecule has 1 saturated heterocycles. The molecular formula is C36H42N2O4S. The van der Waals surface area contributed by atoms with Crippen LogP contribution in [0.5, 0.6) is 5.75 Å². The van der Waals surface area contributed by atoms with Gasteiger partial charge in [0.05, 0.1) is 7.11 Å². The summed E-state index contributed by atoms with van der Waals surface area (Å²) in [6.45, 7) is 5.45. The van der Waals surface area contributed by atoms with Crippen LogP contribution in [0.4, 0.5) is 0 Å². The number of thiophene rings is 1. The van der Waals surface area contributed by atoms with Crippen molar-refractivity contribution in [2.75, 3.05) is 33.3 Å². The number of carbonyl (C=O) groups excluding carboxylic acids is 1. The Morgan fingerprint density at radius 1 is 0.953 bits per heavy atom. The Morgan fingerprint density at radius 2 is 1.67 bits per heavy atom. The number of nitrogens with zero attached hydrogens (tertiary/aromatic N) is 1. The van der Waals surface area contributed by atoms with Crippen LogP contribution >= 0.6 is 11.3 Å². The van der Waals surface area contributed by atoms with Gasteiger partial charge in [0.15, 0.2) is 0 Å². The molecule has 1 amide bonds. The lowest BCUT2D eigenvalue weighted by molar-refractivity contribution is -0.132. The molecule has 3 aliphatic rings. The van der Waals surface area contributed by atoms with Gasteiger partial charge < -0.3 is 20.1 Å². The molecule has 2 N–H and O–H groups in total. The predicted octanol–water partition coefficient (Wildman–Crippen LogP) is 7.56. The summed E-state index contributed by atoms with van der Waals surface area (Å²) in [7, 11) is 1.69. The van der Waals surface area contributed by atoms with Crippen LogP contribution in [-0.2, 0) is 4.79 Å². The molecule has 1 aromatic heterocycles.